The molecule has 0 aliphatic rings. The molecule has 0 saturated carbocycles. The highest BCUT2D eigenvalue weighted by Crippen LogP contribution is 2.24. The van der Waals surface area contributed by atoms with Gasteiger partial charge in [0, 0.05) is 23.4 Å². The fourth-order valence-electron chi connectivity index (χ4n) is 3.42. The standard InChI is InChI=1S/C25H24BrN5O2/c1-15(2)23-27-12-11-21(30-23)18-8-6-10-20(13-18)31-17(4)29-24(22(26)25(31)32)33-14-19-9-5-7-16(3)28-19/h5-13,15H,14H2,1-4H3. The first-order valence-electron chi connectivity index (χ1n) is 10.6. The number of halogens is 1. The van der Waals surface area contributed by atoms with Crippen molar-refractivity contribution in [3.8, 4) is 22.8 Å². The molecule has 3 aromatic heterocycles. The summed E-state index contributed by atoms with van der Waals surface area (Å²) in [5.74, 6) is 1.75. The number of aryl methyl sites for hydroxylation is 2. The van der Waals surface area contributed by atoms with E-state index in [2.05, 4.69) is 49.7 Å². The lowest BCUT2D eigenvalue weighted by Gasteiger charge is -2.14. The SMILES string of the molecule is Cc1cccc(COc2nc(C)n(-c3cccc(-c4ccnc(C(C)C)n4)c3)c(=O)c2Br)n1. The molecule has 0 bridgehead atoms. The highest BCUT2D eigenvalue weighted by Gasteiger charge is 2.16. The van der Waals surface area contributed by atoms with Crippen LogP contribution in [0.2, 0.25) is 0 Å². The molecule has 4 rings (SSSR count). The highest BCUT2D eigenvalue weighted by atomic mass is 79.9. The molecule has 0 atom stereocenters. The minimum Gasteiger partial charge on any atom is -0.470 e. The van der Waals surface area contributed by atoms with Crippen molar-refractivity contribution in [2.75, 3.05) is 0 Å². The van der Waals surface area contributed by atoms with E-state index in [0.717, 1.165) is 28.5 Å². The predicted molar refractivity (Wildman–Crippen MR) is 131 cm³/mol. The Labute approximate surface area is 200 Å². The molecule has 0 radical (unpaired) electrons. The number of rotatable bonds is 6. The van der Waals surface area contributed by atoms with Crippen LogP contribution in [0.3, 0.4) is 0 Å². The van der Waals surface area contributed by atoms with Crippen molar-refractivity contribution in [2.45, 2.75) is 40.2 Å². The Kier molecular flexibility index (Phi) is 6.65. The van der Waals surface area contributed by atoms with Crippen molar-refractivity contribution in [2.24, 2.45) is 0 Å². The molecule has 3 heterocycles. The molecule has 0 spiro atoms. The summed E-state index contributed by atoms with van der Waals surface area (Å²) in [6.45, 7) is 8.03. The van der Waals surface area contributed by atoms with Crippen molar-refractivity contribution in [3.63, 3.8) is 0 Å². The monoisotopic (exact) mass is 505 g/mol. The van der Waals surface area contributed by atoms with Crippen molar-refractivity contribution in [1.82, 2.24) is 24.5 Å². The lowest BCUT2D eigenvalue weighted by atomic mass is 10.1. The van der Waals surface area contributed by atoms with Gasteiger partial charge in [-0.25, -0.2) is 9.97 Å². The third-order valence-corrected chi connectivity index (χ3v) is 5.74. The second-order valence-electron chi connectivity index (χ2n) is 7.98. The zero-order valence-corrected chi connectivity index (χ0v) is 20.5. The molecule has 0 fully saturated rings. The van der Waals surface area contributed by atoms with E-state index >= 15 is 0 Å². The van der Waals surface area contributed by atoms with E-state index in [-0.39, 0.29) is 28.4 Å². The van der Waals surface area contributed by atoms with Crippen LogP contribution in [0.25, 0.3) is 16.9 Å². The van der Waals surface area contributed by atoms with E-state index in [1.807, 2.05) is 55.5 Å². The first-order valence-corrected chi connectivity index (χ1v) is 11.4. The Morgan fingerprint density at radius 2 is 1.82 bits per heavy atom. The number of nitrogens with zero attached hydrogens (tertiary/aromatic N) is 5. The van der Waals surface area contributed by atoms with Gasteiger partial charge in [-0.3, -0.25) is 14.3 Å². The molecule has 0 aliphatic heterocycles. The smallest absolute Gasteiger partial charge is 0.276 e. The summed E-state index contributed by atoms with van der Waals surface area (Å²) in [6.07, 6.45) is 1.76. The average Bonchev–Trinajstić information content (AvgIpc) is 2.81. The number of aromatic nitrogens is 5. The Morgan fingerprint density at radius 1 is 1.03 bits per heavy atom. The number of hydrogen-bond acceptors (Lipinski definition) is 6. The predicted octanol–water partition coefficient (Wildman–Crippen LogP) is 5.17. The zero-order chi connectivity index (χ0) is 23.5. The minimum absolute atomic E-state index is 0.220. The molecule has 0 aliphatic carbocycles. The van der Waals surface area contributed by atoms with Crippen LogP contribution in [0.15, 0.2) is 64.0 Å². The quantitative estimate of drug-likeness (QED) is 0.359. The lowest BCUT2D eigenvalue weighted by Crippen LogP contribution is -2.24. The maximum absolute atomic E-state index is 13.2. The van der Waals surface area contributed by atoms with Crippen molar-refractivity contribution < 1.29 is 4.74 Å². The summed E-state index contributed by atoms with van der Waals surface area (Å²) < 4.78 is 7.62. The summed E-state index contributed by atoms with van der Waals surface area (Å²) in [4.78, 5) is 31.2. The molecule has 0 unspecified atom stereocenters. The van der Waals surface area contributed by atoms with Gasteiger partial charge in [0.2, 0.25) is 5.88 Å². The fourth-order valence-corrected chi connectivity index (χ4v) is 3.80. The van der Waals surface area contributed by atoms with Crippen LogP contribution in [0.4, 0.5) is 0 Å². The second-order valence-corrected chi connectivity index (χ2v) is 8.78. The Morgan fingerprint density at radius 3 is 2.58 bits per heavy atom. The maximum atomic E-state index is 13.2. The number of ether oxygens (including phenoxy) is 1. The third-order valence-electron chi connectivity index (χ3n) is 5.06. The van der Waals surface area contributed by atoms with Crippen molar-refractivity contribution in [3.05, 3.63) is 92.6 Å². The van der Waals surface area contributed by atoms with Gasteiger partial charge in [0.1, 0.15) is 22.7 Å². The van der Waals surface area contributed by atoms with Gasteiger partial charge in [-0.1, -0.05) is 32.0 Å². The van der Waals surface area contributed by atoms with Crippen LogP contribution in [-0.2, 0) is 6.61 Å². The van der Waals surface area contributed by atoms with Gasteiger partial charge < -0.3 is 4.74 Å². The Balaban J connectivity index is 1.67. The summed E-state index contributed by atoms with van der Waals surface area (Å²) in [7, 11) is 0. The van der Waals surface area contributed by atoms with Crippen LogP contribution in [-0.4, -0.2) is 24.5 Å². The first kappa shape index (κ1) is 22.8. The maximum Gasteiger partial charge on any atom is 0.276 e. The minimum atomic E-state index is -0.252. The number of pyridine rings is 1. The Hall–Kier alpha value is -3.39. The van der Waals surface area contributed by atoms with Crippen LogP contribution in [0.5, 0.6) is 5.88 Å². The summed E-state index contributed by atoms with van der Waals surface area (Å²) in [5, 5.41) is 0. The molecule has 0 saturated heterocycles. The molecule has 168 valence electrons. The molecule has 7 nitrogen and oxygen atoms in total. The second kappa shape index (κ2) is 9.62. The topological polar surface area (TPSA) is 82.8 Å². The van der Waals surface area contributed by atoms with Crippen LogP contribution in [0, 0.1) is 13.8 Å². The first-order chi connectivity index (χ1) is 15.8. The van der Waals surface area contributed by atoms with Crippen LogP contribution >= 0.6 is 15.9 Å². The van der Waals surface area contributed by atoms with Gasteiger partial charge in [-0.2, -0.15) is 4.98 Å². The normalized spacial score (nSPS) is 11.1. The molecule has 1 aromatic carbocycles. The summed E-state index contributed by atoms with van der Waals surface area (Å²) in [5.41, 5.74) is 3.81. The average molecular weight is 506 g/mol. The van der Waals surface area contributed by atoms with Crippen LogP contribution in [0.1, 0.15) is 42.8 Å². The molecular weight excluding hydrogens is 482 g/mol. The van der Waals surface area contributed by atoms with Gasteiger partial charge in [0.05, 0.1) is 17.1 Å². The van der Waals surface area contributed by atoms with Gasteiger partial charge >= 0.3 is 0 Å². The molecule has 33 heavy (non-hydrogen) atoms. The zero-order valence-electron chi connectivity index (χ0n) is 18.9. The molecule has 4 aromatic rings. The van der Waals surface area contributed by atoms with Gasteiger partial charge in [-0.05, 0) is 60.1 Å². The number of hydrogen-bond donors (Lipinski definition) is 0. The van der Waals surface area contributed by atoms with Crippen molar-refractivity contribution >= 4 is 15.9 Å². The lowest BCUT2D eigenvalue weighted by molar-refractivity contribution is 0.284. The van der Waals surface area contributed by atoms with E-state index in [4.69, 9.17) is 4.74 Å². The fraction of sp³-hybridized carbons (Fsp3) is 0.240. The molecule has 0 N–H and O–H groups in total. The van der Waals surface area contributed by atoms with E-state index in [9.17, 15) is 4.79 Å². The largest absolute Gasteiger partial charge is 0.470 e. The summed E-state index contributed by atoms with van der Waals surface area (Å²) >= 11 is 3.38. The molecule has 0 amide bonds. The van der Waals surface area contributed by atoms with E-state index in [1.165, 1.54) is 0 Å². The van der Waals surface area contributed by atoms with E-state index < -0.39 is 0 Å². The van der Waals surface area contributed by atoms with E-state index in [0.29, 0.717) is 11.5 Å². The van der Waals surface area contributed by atoms with Crippen LogP contribution < -0.4 is 10.3 Å². The van der Waals surface area contributed by atoms with E-state index in [1.54, 1.807) is 17.7 Å². The molecular formula is C25H24BrN5O2. The highest BCUT2D eigenvalue weighted by molar-refractivity contribution is 9.10. The third kappa shape index (κ3) is 5.01. The van der Waals surface area contributed by atoms with Gasteiger partial charge in [0.25, 0.3) is 5.56 Å². The van der Waals surface area contributed by atoms with Crippen molar-refractivity contribution in [1.29, 1.82) is 0 Å². The Bertz CT molecular complexity index is 1370. The van der Waals surface area contributed by atoms with Gasteiger partial charge in [0.15, 0.2) is 0 Å². The molecule has 8 heteroatoms. The van der Waals surface area contributed by atoms with Gasteiger partial charge in [-0.15, -0.1) is 0 Å². The summed E-state index contributed by atoms with van der Waals surface area (Å²) in [6, 6.07) is 15.2. The number of benzene rings is 1.